The normalized spacial score (nSPS) is 32.5. The summed E-state index contributed by atoms with van der Waals surface area (Å²) in [6, 6.07) is 5.12. The number of ether oxygens (including phenoxy) is 4. The largest absolute Gasteiger partial charge is 0.508 e. The minimum atomic E-state index is -1.97. The Morgan fingerprint density at radius 3 is 1.98 bits per heavy atom. The van der Waals surface area contributed by atoms with E-state index in [0.29, 0.717) is 0 Å². The van der Waals surface area contributed by atoms with Crippen LogP contribution < -0.4 is 10.2 Å². The minimum absolute atomic E-state index is 0.0707. The lowest BCUT2D eigenvalue weighted by atomic mass is 9.97. The molecule has 0 radical (unpaired) electrons. The third-order valence-electron chi connectivity index (χ3n) is 7.35. The van der Waals surface area contributed by atoms with Gasteiger partial charge in [0.15, 0.2) is 29.7 Å². The van der Waals surface area contributed by atoms with Gasteiger partial charge >= 0.3 is 0 Å². The number of aliphatic hydroxyl groups excluding tert-OH is 7. The Kier molecular flexibility index (Phi) is 8.87. The molecule has 0 spiro atoms. The lowest BCUT2D eigenvalue weighted by Gasteiger charge is -2.45. The highest BCUT2D eigenvalue weighted by Crippen LogP contribution is 2.40. The predicted molar refractivity (Wildman–Crippen MR) is 142 cm³/mol. The van der Waals surface area contributed by atoms with Crippen molar-refractivity contribution in [2.75, 3.05) is 13.2 Å². The van der Waals surface area contributed by atoms with Crippen molar-refractivity contribution in [2.24, 2.45) is 0 Å². The van der Waals surface area contributed by atoms with Gasteiger partial charge in [-0.15, -0.1) is 0 Å². The second kappa shape index (κ2) is 12.3. The van der Waals surface area contributed by atoms with Gasteiger partial charge in [-0.05, 0) is 18.2 Å². The van der Waals surface area contributed by atoms with Crippen molar-refractivity contribution in [3.63, 3.8) is 0 Å². The van der Waals surface area contributed by atoms with Crippen LogP contribution in [0, 0.1) is 0 Å². The Bertz CT molecular complexity index is 1560. The molecule has 11 N–H and O–H groups in total. The number of fused-ring (bicyclic) bond motifs is 1. The van der Waals surface area contributed by atoms with E-state index in [-0.39, 0.29) is 11.1 Å². The fourth-order valence-corrected chi connectivity index (χ4v) is 4.98. The maximum absolute atomic E-state index is 13.7. The smallest absolute Gasteiger partial charge is 0.239 e. The summed E-state index contributed by atoms with van der Waals surface area (Å²) in [5.74, 6) is -3.54. The molecule has 0 unspecified atom stereocenters. The number of phenolic OH excluding ortho intramolecular Hbond substituents is 4. The molecule has 0 saturated carbocycles. The summed E-state index contributed by atoms with van der Waals surface area (Å²) < 4.78 is 28.1. The number of hydrogen-bond acceptors (Lipinski definition) is 17. The van der Waals surface area contributed by atoms with Gasteiger partial charge in [0.2, 0.25) is 17.5 Å². The first-order valence-corrected chi connectivity index (χ1v) is 13.2. The first-order valence-electron chi connectivity index (χ1n) is 13.2. The highest BCUT2D eigenvalue weighted by molar-refractivity contribution is 5.88. The van der Waals surface area contributed by atoms with Crippen LogP contribution in [0.15, 0.2) is 39.5 Å². The maximum Gasteiger partial charge on any atom is 0.239 e. The van der Waals surface area contributed by atoms with Gasteiger partial charge in [-0.3, -0.25) is 4.79 Å². The number of benzene rings is 2. The first kappa shape index (κ1) is 31.7. The summed E-state index contributed by atoms with van der Waals surface area (Å²) in [6.07, 6.45) is -18.0. The zero-order valence-corrected chi connectivity index (χ0v) is 22.4. The molecule has 0 amide bonds. The molecule has 44 heavy (non-hydrogen) atoms. The van der Waals surface area contributed by atoms with E-state index >= 15 is 0 Å². The Balaban J connectivity index is 1.61. The lowest BCUT2D eigenvalue weighted by molar-refractivity contribution is -0.358. The van der Waals surface area contributed by atoms with Crippen molar-refractivity contribution in [1.29, 1.82) is 0 Å². The minimum Gasteiger partial charge on any atom is -0.508 e. The summed E-state index contributed by atoms with van der Waals surface area (Å²) in [7, 11) is 0. The fourth-order valence-electron chi connectivity index (χ4n) is 4.98. The van der Waals surface area contributed by atoms with Gasteiger partial charge in [0, 0.05) is 17.7 Å². The first-order chi connectivity index (χ1) is 20.9. The van der Waals surface area contributed by atoms with Gasteiger partial charge in [0.1, 0.15) is 65.2 Å². The zero-order chi connectivity index (χ0) is 32.0. The Morgan fingerprint density at radius 1 is 0.705 bits per heavy atom. The topological polar surface area (TPSA) is 290 Å². The summed E-state index contributed by atoms with van der Waals surface area (Å²) >= 11 is 0. The van der Waals surface area contributed by atoms with Crippen LogP contribution in [-0.4, -0.2) is 131 Å². The molecule has 2 fully saturated rings. The molecule has 10 atom stereocenters. The molecular weight excluding hydrogens is 596 g/mol. The predicted octanol–water partition coefficient (Wildman–Crippen LogP) is -2.71. The van der Waals surface area contributed by atoms with Gasteiger partial charge in [0.05, 0.1) is 13.2 Å². The lowest BCUT2D eigenvalue weighted by Crippen LogP contribution is -2.65. The highest BCUT2D eigenvalue weighted by Gasteiger charge is 2.51. The average molecular weight is 627 g/mol. The standard InChI is InChI=1S/C27H30O17/c28-6-14-17(34)20(37)22(39)26(41-14)44-25-21(38)18(35)15(7-29)42-27(25)43-24-19(36)16-12(33)4-9(30)5-13(16)40-23(24)8-1-2-10(31)11(32)3-8/h1-5,14-15,17-18,20-22,25-35,37-39H,6-7H2/t14-,15-,17+,18-,20+,21+,22-,25-,26+,27+/m1/s1. The summed E-state index contributed by atoms with van der Waals surface area (Å²) in [5.41, 5.74) is -1.47. The van der Waals surface area contributed by atoms with Crippen molar-refractivity contribution < 1.29 is 79.5 Å². The molecule has 0 aliphatic carbocycles. The zero-order valence-electron chi connectivity index (χ0n) is 22.4. The molecular formula is C27H30O17. The molecule has 240 valence electrons. The monoisotopic (exact) mass is 626 g/mol. The number of phenols is 4. The van der Waals surface area contributed by atoms with Crippen molar-refractivity contribution >= 4 is 11.0 Å². The molecule has 17 nitrogen and oxygen atoms in total. The van der Waals surface area contributed by atoms with E-state index < -0.39 is 120 Å². The van der Waals surface area contributed by atoms with Crippen molar-refractivity contribution in [2.45, 2.75) is 61.4 Å². The molecule has 2 saturated heterocycles. The third-order valence-corrected chi connectivity index (χ3v) is 7.35. The van der Waals surface area contributed by atoms with Crippen LogP contribution in [-0.2, 0) is 14.2 Å². The molecule has 5 rings (SSSR count). The van der Waals surface area contributed by atoms with Crippen LogP contribution >= 0.6 is 0 Å². The SMILES string of the molecule is O=c1c(O[C@@H]2O[C@H](CO)[C@@H](O)[C@H](O)[C@H]2O[C@@H]2O[C@H](CO)[C@H](O)[C@H](O)[C@H]2O)c(-c2ccc(O)c(O)c2)oc2cc(O)cc(O)c12. The molecule has 0 bridgehead atoms. The summed E-state index contributed by atoms with van der Waals surface area (Å²) in [5, 5.41) is 111. The van der Waals surface area contributed by atoms with Crippen LogP contribution in [0.3, 0.4) is 0 Å². The van der Waals surface area contributed by atoms with E-state index in [1.165, 1.54) is 6.07 Å². The summed E-state index contributed by atoms with van der Waals surface area (Å²) in [6.45, 7) is -1.68. The van der Waals surface area contributed by atoms with Crippen molar-refractivity contribution in [1.82, 2.24) is 0 Å². The maximum atomic E-state index is 13.7. The molecule has 2 aliphatic rings. The average Bonchev–Trinajstić information content (AvgIpc) is 2.98. The van der Waals surface area contributed by atoms with Gasteiger partial charge in [-0.25, -0.2) is 0 Å². The fraction of sp³-hybridized carbons (Fsp3) is 0.444. The van der Waals surface area contributed by atoms with Crippen LogP contribution in [0.25, 0.3) is 22.3 Å². The van der Waals surface area contributed by atoms with Crippen molar-refractivity contribution in [3.05, 3.63) is 40.6 Å². The Morgan fingerprint density at radius 2 is 1.34 bits per heavy atom. The van der Waals surface area contributed by atoms with Crippen LogP contribution in [0.2, 0.25) is 0 Å². The van der Waals surface area contributed by atoms with E-state index in [9.17, 15) is 61.0 Å². The Labute approximate surface area is 246 Å². The molecule has 17 heteroatoms. The third kappa shape index (κ3) is 5.61. The van der Waals surface area contributed by atoms with E-state index in [0.717, 1.165) is 24.3 Å². The number of aromatic hydroxyl groups is 4. The highest BCUT2D eigenvalue weighted by atomic mass is 16.8. The van der Waals surface area contributed by atoms with Gasteiger partial charge in [-0.1, -0.05) is 0 Å². The quantitative estimate of drug-likeness (QED) is 0.119. The van der Waals surface area contributed by atoms with Crippen LogP contribution in [0.4, 0.5) is 0 Å². The molecule has 3 aromatic rings. The molecule has 3 heterocycles. The number of aliphatic hydroxyl groups is 7. The Hall–Kier alpha value is -3.75. The summed E-state index contributed by atoms with van der Waals surface area (Å²) in [4.78, 5) is 13.7. The second-order valence-electron chi connectivity index (χ2n) is 10.3. The number of hydrogen-bond donors (Lipinski definition) is 11. The van der Waals surface area contributed by atoms with Crippen LogP contribution in [0.5, 0.6) is 28.7 Å². The van der Waals surface area contributed by atoms with Gasteiger partial charge < -0.3 is 79.5 Å². The number of rotatable bonds is 7. The van der Waals surface area contributed by atoms with Crippen molar-refractivity contribution in [3.8, 4) is 40.1 Å². The van der Waals surface area contributed by atoms with E-state index in [4.69, 9.17) is 23.4 Å². The van der Waals surface area contributed by atoms with E-state index in [1.807, 2.05) is 0 Å². The van der Waals surface area contributed by atoms with E-state index in [2.05, 4.69) is 0 Å². The molecule has 2 aromatic carbocycles. The van der Waals surface area contributed by atoms with Gasteiger partial charge in [0.25, 0.3) is 0 Å². The van der Waals surface area contributed by atoms with Crippen LogP contribution in [0.1, 0.15) is 0 Å². The van der Waals surface area contributed by atoms with E-state index in [1.54, 1.807) is 0 Å². The molecule has 2 aliphatic heterocycles. The van der Waals surface area contributed by atoms with Gasteiger partial charge in [-0.2, -0.15) is 0 Å². The second-order valence-corrected chi connectivity index (χ2v) is 10.3. The molecule has 1 aromatic heterocycles.